The van der Waals surface area contributed by atoms with Crippen molar-refractivity contribution in [2.24, 2.45) is 5.73 Å². The molecular formula is C16H24N2O2. The molecular weight excluding hydrogens is 252 g/mol. The van der Waals surface area contributed by atoms with Crippen molar-refractivity contribution in [2.75, 3.05) is 6.61 Å². The summed E-state index contributed by atoms with van der Waals surface area (Å²) in [5, 5.41) is 3.05. The number of hydrogen-bond acceptors (Lipinski definition) is 3. The number of hydrogen-bond donors (Lipinski definition) is 2. The third-order valence-corrected chi connectivity index (χ3v) is 4.22. The summed E-state index contributed by atoms with van der Waals surface area (Å²) in [5.41, 5.74) is 6.91. The summed E-state index contributed by atoms with van der Waals surface area (Å²) >= 11 is 0. The molecule has 0 saturated carbocycles. The summed E-state index contributed by atoms with van der Waals surface area (Å²) in [5.74, 6) is -0.0826. The van der Waals surface area contributed by atoms with Crippen molar-refractivity contribution in [2.45, 2.75) is 50.8 Å². The van der Waals surface area contributed by atoms with E-state index in [-0.39, 0.29) is 17.6 Å². The molecule has 1 saturated heterocycles. The van der Waals surface area contributed by atoms with E-state index in [0.29, 0.717) is 13.0 Å². The van der Waals surface area contributed by atoms with Gasteiger partial charge >= 0.3 is 0 Å². The van der Waals surface area contributed by atoms with E-state index in [1.807, 2.05) is 32.0 Å². The Morgan fingerprint density at radius 1 is 1.50 bits per heavy atom. The van der Waals surface area contributed by atoms with Gasteiger partial charge in [-0.15, -0.1) is 0 Å². The maximum atomic E-state index is 12.2. The van der Waals surface area contributed by atoms with Gasteiger partial charge in [0.1, 0.15) is 0 Å². The Morgan fingerprint density at radius 2 is 2.20 bits per heavy atom. The fourth-order valence-corrected chi connectivity index (χ4v) is 2.47. The molecule has 0 aliphatic carbocycles. The monoisotopic (exact) mass is 276 g/mol. The van der Waals surface area contributed by atoms with E-state index in [2.05, 4.69) is 17.4 Å². The van der Waals surface area contributed by atoms with Crippen LogP contribution >= 0.6 is 0 Å². The third-order valence-electron chi connectivity index (χ3n) is 4.22. The molecule has 1 heterocycles. The van der Waals surface area contributed by atoms with Crippen molar-refractivity contribution in [1.29, 1.82) is 0 Å². The molecule has 20 heavy (non-hydrogen) atoms. The highest BCUT2D eigenvalue weighted by atomic mass is 16.5. The number of amides is 1. The minimum atomic E-state index is -0.472. The predicted octanol–water partition coefficient (Wildman–Crippen LogP) is 1.63. The average Bonchev–Trinajstić information content (AvgIpc) is 2.76. The van der Waals surface area contributed by atoms with Crippen molar-refractivity contribution >= 4 is 5.91 Å². The van der Waals surface area contributed by atoms with Crippen molar-refractivity contribution in [3.05, 3.63) is 35.9 Å². The van der Waals surface area contributed by atoms with Crippen LogP contribution in [0.1, 0.15) is 32.3 Å². The van der Waals surface area contributed by atoms with Gasteiger partial charge in [0.15, 0.2) is 0 Å². The quantitative estimate of drug-likeness (QED) is 0.859. The van der Waals surface area contributed by atoms with E-state index in [1.54, 1.807) is 0 Å². The SMILES string of the molecule is CC1OCCC1(C)NC(=O)[C@@H](N)CCc1ccccc1. The van der Waals surface area contributed by atoms with E-state index < -0.39 is 6.04 Å². The van der Waals surface area contributed by atoms with Gasteiger partial charge in [0.05, 0.1) is 17.7 Å². The van der Waals surface area contributed by atoms with Crippen LogP contribution in [0.15, 0.2) is 30.3 Å². The maximum Gasteiger partial charge on any atom is 0.237 e. The van der Waals surface area contributed by atoms with Gasteiger partial charge in [0, 0.05) is 6.61 Å². The van der Waals surface area contributed by atoms with Crippen molar-refractivity contribution < 1.29 is 9.53 Å². The maximum absolute atomic E-state index is 12.2. The summed E-state index contributed by atoms with van der Waals surface area (Å²) in [4.78, 5) is 12.2. The third kappa shape index (κ3) is 3.58. The average molecular weight is 276 g/mol. The van der Waals surface area contributed by atoms with Crippen LogP contribution in [0.25, 0.3) is 0 Å². The molecule has 3 N–H and O–H groups in total. The Labute approximate surface area is 120 Å². The molecule has 2 rings (SSSR count). The number of carbonyl (C=O) groups is 1. The molecule has 1 amide bonds. The molecule has 0 bridgehead atoms. The highest BCUT2D eigenvalue weighted by Crippen LogP contribution is 2.25. The molecule has 2 unspecified atom stereocenters. The molecule has 0 radical (unpaired) electrons. The first-order chi connectivity index (χ1) is 9.51. The van der Waals surface area contributed by atoms with Crippen LogP contribution in [0.5, 0.6) is 0 Å². The first-order valence-corrected chi connectivity index (χ1v) is 7.24. The smallest absolute Gasteiger partial charge is 0.237 e. The topological polar surface area (TPSA) is 64.3 Å². The second kappa shape index (κ2) is 6.37. The van der Waals surface area contributed by atoms with Crippen LogP contribution in [0.4, 0.5) is 0 Å². The summed E-state index contributed by atoms with van der Waals surface area (Å²) in [7, 11) is 0. The van der Waals surface area contributed by atoms with E-state index in [1.165, 1.54) is 5.56 Å². The van der Waals surface area contributed by atoms with Crippen molar-refractivity contribution in [3.63, 3.8) is 0 Å². The number of nitrogens with two attached hydrogens (primary N) is 1. The lowest BCUT2D eigenvalue weighted by molar-refractivity contribution is -0.124. The van der Waals surface area contributed by atoms with E-state index in [0.717, 1.165) is 12.8 Å². The predicted molar refractivity (Wildman–Crippen MR) is 79.3 cm³/mol. The molecule has 1 fully saturated rings. The van der Waals surface area contributed by atoms with E-state index >= 15 is 0 Å². The minimum absolute atomic E-state index is 0.0350. The molecule has 110 valence electrons. The number of benzene rings is 1. The number of aryl methyl sites for hydroxylation is 1. The van der Waals surface area contributed by atoms with Crippen LogP contribution in [-0.4, -0.2) is 30.2 Å². The number of ether oxygens (including phenoxy) is 1. The first-order valence-electron chi connectivity index (χ1n) is 7.24. The van der Waals surface area contributed by atoms with Crippen LogP contribution in [0.2, 0.25) is 0 Å². The van der Waals surface area contributed by atoms with Crippen molar-refractivity contribution in [3.8, 4) is 0 Å². The largest absolute Gasteiger partial charge is 0.376 e. The minimum Gasteiger partial charge on any atom is -0.376 e. The van der Waals surface area contributed by atoms with Crippen LogP contribution in [0.3, 0.4) is 0 Å². The number of carbonyl (C=O) groups excluding carboxylic acids is 1. The Morgan fingerprint density at radius 3 is 2.80 bits per heavy atom. The highest BCUT2D eigenvalue weighted by molar-refractivity contribution is 5.82. The summed E-state index contributed by atoms with van der Waals surface area (Å²) < 4.78 is 5.52. The second-order valence-electron chi connectivity index (χ2n) is 5.80. The summed E-state index contributed by atoms with van der Waals surface area (Å²) in [6, 6.07) is 9.62. The molecule has 0 aromatic heterocycles. The molecule has 3 atom stereocenters. The standard InChI is InChI=1S/C16H24N2O2/c1-12-16(2,10-11-20-12)18-15(19)14(17)9-8-13-6-4-3-5-7-13/h3-7,12,14H,8-11,17H2,1-2H3,(H,18,19)/t12?,14-,16?/m0/s1. The van der Waals surface area contributed by atoms with Gasteiger partial charge in [-0.25, -0.2) is 0 Å². The zero-order valence-electron chi connectivity index (χ0n) is 12.3. The zero-order chi connectivity index (χ0) is 14.6. The first kappa shape index (κ1) is 15.0. The summed E-state index contributed by atoms with van der Waals surface area (Å²) in [6.45, 7) is 4.70. The molecule has 1 aliphatic heterocycles. The van der Waals surface area contributed by atoms with Gasteiger partial charge in [-0.3, -0.25) is 4.79 Å². The van der Waals surface area contributed by atoms with E-state index in [4.69, 9.17) is 10.5 Å². The van der Waals surface area contributed by atoms with Crippen LogP contribution in [0, 0.1) is 0 Å². The van der Waals surface area contributed by atoms with Gasteiger partial charge in [0.2, 0.25) is 5.91 Å². The Bertz CT molecular complexity index is 449. The van der Waals surface area contributed by atoms with Crippen LogP contribution in [-0.2, 0) is 16.0 Å². The van der Waals surface area contributed by atoms with Gasteiger partial charge in [0.25, 0.3) is 0 Å². The lowest BCUT2D eigenvalue weighted by atomic mass is 9.94. The molecule has 4 heteroatoms. The normalized spacial score (nSPS) is 27.2. The molecule has 0 spiro atoms. The highest BCUT2D eigenvalue weighted by Gasteiger charge is 2.38. The van der Waals surface area contributed by atoms with Gasteiger partial charge in [-0.2, -0.15) is 0 Å². The molecule has 1 aliphatic rings. The van der Waals surface area contributed by atoms with Gasteiger partial charge in [-0.1, -0.05) is 30.3 Å². The van der Waals surface area contributed by atoms with Crippen molar-refractivity contribution in [1.82, 2.24) is 5.32 Å². The Balaban J connectivity index is 1.83. The number of rotatable bonds is 5. The fraction of sp³-hybridized carbons (Fsp3) is 0.562. The zero-order valence-corrected chi connectivity index (χ0v) is 12.3. The Hall–Kier alpha value is -1.39. The number of nitrogens with one attached hydrogen (secondary N) is 1. The summed E-state index contributed by atoms with van der Waals surface area (Å²) in [6.07, 6.45) is 2.35. The van der Waals surface area contributed by atoms with Gasteiger partial charge < -0.3 is 15.8 Å². The molecule has 1 aromatic carbocycles. The molecule has 1 aromatic rings. The lowest BCUT2D eigenvalue weighted by Gasteiger charge is -2.30. The molecule has 4 nitrogen and oxygen atoms in total. The van der Waals surface area contributed by atoms with E-state index in [9.17, 15) is 4.79 Å². The lowest BCUT2D eigenvalue weighted by Crippen LogP contribution is -2.55. The van der Waals surface area contributed by atoms with Crippen LogP contribution < -0.4 is 11.1 Å². The second-order valence-corrected chi connectivity index (χ2v) is 5.80. The fourth-order valence-electron chi connectivity index (χ4n) is 2.47. The Kier molecular flexibility index (Phi) is 4.78. The van der Waals surface area contributed by atoms with Gasteiger partial charge in [-0.05, 0) is 38.7 Å².